The van der Waals surface area contributed by atoms with Crippen molar-refractivity contribution in [3.63, 3.8) is 0 Å². The number of rotatable bonds is 6. The Morgan fingerprint density at radius 1 is 1.04 bits per heavy atom. The maximum atomic E-state index is 6.34. The van der Waals surface area contributed by atoms with Crippen molar-refractivity contribution >= 4 is 23.0 Å². The van der Waals surface area contributed by atoms with Crippen molar-refractivity contribution in [3.8, 4) is 11.5 Å². The molecule has 0 aliphatic carbocycles. The molecule has 1 aliphatic heterocycles. The van der Waals surface area contributed by atoms with Gasteiger partial charge in [0.15, 0.2) is 11.5 Å². The molecule has 0 bridgehead atoms. The van der Waals surface area contributed by atoms with Crippen LogP contribution in [0.1, 0.15) is 5.56 Å². The Balaban J connectivity index is 1.65. The smallest absolute Gasteiger partial charge is 0.162 e. The molecular weight excluding hydrogens is 340 g/mol. The quantitative estimate of drug-likeness (QED) is 0.846. The summed E-state index contributed by atoms with van der Waals surface area (Å²) in [5.74, 6) is 1.30. The summed E-state index contributed by atoms with van der Waals surface area (Å²) in [6, 6.07) is 12.1. The SMILES string of the molecule is COc1cc(Cl)c(CNc2ccc(N3CCOCC3)cc2)cc1OC. The fraction of sp³-hybridized carbons (Fsp3) is 0.368. The van der Waals surface area contributed by atoms with Crippen LogP contribution in [0, 0.1) is 0 Å². The Kier molecular flexibility index (Phi) is 5.89. The molecule has 134 valence electrons. The minimum atomic E-state index is 0.607. The molecule has 0 unspecified atom stereocenters. The van der Waals surface area contributed by atoms with E-state index < -0.39 is 0 Å². The number of morpholine rings is 1. The monoisotopic (exact) mass is 362 g/mol. The van der Waals surface area contributed by atoms with Crippen molar-refractivity contribution in [1.29, 1.82) is 0 Å². The zero-order chi connectivity index (χ0) is 17.6. The summed E-state index contributed by atoms with van der Waals surface area (Å²) < 4.78 is 16.0. The molecule has 5 nitrogen and oxygen atoms in total. The van der Waals surface area contributed by atoms with Crippen molar-refractivity contribution in [3.05, 3.63) is 47.0 Å². The molecule has 1 N–H and O–H groups in total. The average Bonchev–Trinajstić information content (AvgIpc) is 2.68. The van der Waals surface area contributed by atoms with Gasteiger partial charge >= 0.3 is 0 Å². The van der Waals surface area contributed by atoms with Crippen LogP contribution in [0.4, 0.5) is 11.4 Å². The number of anilines is 2. The molecule has 0 aromatic heterocycles. The number of ether oxygens (including phenoxy) is 3. The van der Waals surface area contributed by atoms with E-state index in [2.05, 4.69) is 34.5 Å². The summed E-state index contributed by atoms with van der Waals surface area (Å²) in [5.41, 5.74) is 3.22. The van der Waals surface area contributed by atoms with Gasteiger partial charge < -0.3 is 24.4 Å². The van der Waals surface area contributed by atoms with Crippen molar-refractivity contribution in [2.45, 2.75) is 6.54 Å². The molecule has 6 heteroatoms. The molecule has 0 spiro atoms. The van der Waals surface area contributed by atoms with E-state index in [0.29, 0.717) is 23.1 Å². The normalized spacial score (nSPS) is 14.3. The highest BCUT2D eigenvalue weighted by atomic mass is 35.5. The average molecular weight is 363 g/mol. The van der Waals surface area contributed by atoms with Gasteiger partial charge in [-0.1, -0.05) is 11.6 Å². The van der Waals surface area contributed by atoms with Gasteiger partial charge in [-0.25, -0.2) is 0 Å². The molecule has 3 rings (SSSR count). The first kappa shape index (κ1) is 17.7. The Labute approximate surface area is 153 Å². The fourth-order valence-electron chi connectivity index (χ4n) is 2.84. The second kappa shape index (κ2) is 8.32. The lowest BCUT2D eigenvalue weighted by atomic mass is 10.2. The Hall–Kier alpha value is -2.11. The lowest BCUT2D eigenvalue weighted by Crippen LogP contribution is -2.36. The summed E-state index contributed by atoms with van der Waals surface area (Å²) in [6.45, 7) is 4.06. The van der Waals surface area contributed by atoms with Crippen molar-refractivity contribution in [2.75, 3.05) is 50.7 Å². The highest BCUT2D eigenvalue weighted by Gasteiger charge is 2.12. The zero-order valence-corrected chi connectivity index (χ0v) is 15.3. The molecule has 2 aromatic rings. The summed E-state index contributed by atoms with van der Waals surface area (Å²) in [5, 5.41) is 4.04. The van der Waals surface area contributed by atoms with E-state index in [4.69, 9.17) is 25.8 Å². The first-order valence-corrected chi connectivity index (χ1v) is 8.66. The minimum absolute atomic E-state index is 0.607. The van der Waals surface area contributed by atoms with E-state index in [9.17, 15) is 0 Å². The highest BCUT2D eigenvalue weighted by molar-refractivity contribution is 6.31. The van der Waals surface area contributed by atoms with E-state index in [1.54, 1.807) is 20.3 Å². The Bertz CT molecular complexity index is 701. The van der Waals surface area contributed by atoms with Crippen molar-refractivity contribution in [2.24, 2.45) is 0 Å². The highest BCUT2D eigenvalue weighted by Crippen LogP contribution is 2.33. The molecule has 0 atom stereocenters. The van der Waals surface area contributed by atoms with Gasteiger partial charge in [-0.3, -0.25) is 0 Å². The fourth-order valence-corrected chi connectivity index (χ4v) is 3.06. The summed E-state index contributed by atoms with van der Waals surface area (Å²) in [6.07, 6.45) is 0. The maximum Gasteiger partial charge on any atom is 0.162 e. The second-order valence-electron chi connectivity index (χ2n) is 5.80. The Morgan fingerprint density at radius 2 is 1.68 bits per heavy atom. The van der Waals surface area contributed by atoms with Crippen LogP contribution in [-0.4, -0.2) is 40.5 Å². The first-order chi connectivity index (χ1) is 12.2. The third kappa shape index (κ3) is 4.30. The predicted octanol–water partition coefficient (Wildman–Crippen LogP) is 3.81. The number of nitrogens with one attached hydrogen (secondary N) is 1. The molecule has 1 fully saturated rings. The van der Waals surface area contributed by atoms with Crippen LogP contribution >= 0.6 is 11.6 Å². The van der Waals surface area contributed by atoms with Gasteiger partial charge in [-0.15, -0.1) is 0 Å². The van der Waals surface area contributed by atoms with E-state index in [0.717, 1.165) is 37.6 Å². The lowest BCUT2D eigenvalue weighted by Gasteiger charge is -2.29. The standard InChI is InChI=1S/C19H23ClN2O3/c1-23-18-11-14(17(20)12-19(18)24-2)13-21-15-3-5-16(6-4-15)22-7-9-25-10-8-22/h3-6,11-12,21H,7-10,13H2,1-2H3. The van der Waals surface area contributed by atoms with Crippen LogP contribution in [0.2, 0.25) is 5.02 Å². The molecule has 0 radical (unpaired) electrons. The zero-order valence-electron chi connectivity index (χ0n) is 14.5. The lowest BCUT2D eigenvalue weighted by molar-refractivity contribution is 0.122. The third-order valence-electron chi connectivity index (χ3n) is 4.28. The van der Waals surface area contributed by atoms with Gasteiger partial charge in [0, 0.05) is 42.1 Å². The van der Waals surface area contributed by atoms with Gasteiger partial charge in [-0.2, -0.15) is 0 Å². The van der Waals surface area contributed by atoms with E-state index in [1.807, 2.05) is 6.07 Å². The van der Waals surface area contributed by atoms with Gasteiger partial charge in [0.1, 0.15) is 0 Å². The topological polar surface area (TPSA) is 43.0 Å². The molecule has 1 heterocycles. The van der Waals surface area contributed by atoms with Crippen LogP contribution < -0.4 is 19.7 Å². The van der Waals surface area contributed by atoms with Gasteiger partial charge in [0.2, 0.25) is 0 Å². The summed E-state index contributed by atoms with van der Waals surface area (Å²) in [4.78, 5) is 2.33. The summed E-state index contributed by atoms with van der Waals surface area (Å²) >= 11 is 6.34. The molecular formula is C19H23ClN2O3. The maximum absolute atomic E-state index is 6.34. The van der Waals surface area contributed by atoms with E-state index in [-0.39, 0.29) is 0 Å². The van der Waals surface area contributed by atoms with Crippen molar-refractivity contribution in [1.82, 2.24) is 0 Å². The number of halogens is 1. The Morgan fingerprint density at radius 3 is 2.32 bits per heavy atom. The molecule has 2 aromatic carbocycles. The van der Waals surface area contributed by atoms with Crippen LogP contribution in [0.5, 0.6) is 11.5 Å². The van der Waals surface area contributed by atoms with Gasteiger partial charge in [-0.05, 0) is 35.9 Å². The number of hydrogen-bond acceptors (Lipinski definition) is 5. The van der Waals surface area contributed by atoms with Gasteiger partial charge in [0.05, 0.1) is 27.4 Å². The third-order valence-corrected chi connectivity index (χ3v) is 4.63. The van der Waals surface area contributed by atoms with Crippen LogP contribution in [0.15, 0.2) is 36.4 Å². The van der Waals surface area contributed by atoms with E-state index >= 15 is 0 Å². The number of nitrogens with zero attached hydrogens (tertiary/aromatic N) is 1. The molecule has 1 aliphatic rings. The number of methoxy groups -OCH3 is 2. The van der Waals surface area contributed by atoms with Gasteiger partial charge in [0.25, 0.3) is 0 Å². The van der Waals surface area contributed by atoms with Crippen molar-refractivity contribution < 1.29 is 14.2 Å². The predicted molar refractivity (Wildman–Crippen MR) is 101 cm³/mol. The minimum Gasteiger partial charge on any atom is -0.493 e. The molecule has 0 saturated carbocycles. The molecule has 0 amide bonds. The molecule has 25 heavy (non-hydrogen) atoms. The largest absolute Gasteiger partial charge is 0.493 e. The first-order valence-electron chi connectivity index (χ1n) is 8.28. The van der Waals surface area contributed by atoms with Crippen LogP contribution in [0.3, 0.4) is 0 Å². The summed E-state index contributed by atoms with van der Waals surface area (Å²) in [7, 11) is 3.22. The van der Waals surface area contributed by atoms with Crippen LogP contribution in [-0.2, 0) is 11.3 Å². The molecule has 1 saturated heterocycles. The van der Waals surface area contributed by atoms with Crippen LogP contribution in [0.25, 0.3) is 0 Å². The number of hydrogen-bond donors (Lipinski definition) is 1. The second-order valence-corrected chi connectivity index (χ2v) is 6.21. The number of benzene rings is 2. The van der Waals surface area contributed by atoms with E-state index in [1.165, 1.54) is 5.69 Å².